The van der Waals surface area contributed by atoms with E-state index in [0.29, 0.717) is 23.1 Å². The van der Waals surface area contributed by atoms with Gasteiger partial charge in [0.2, 0.25) is 0 Å². The summed E-state index contributed by atoms with van der Waals surface area (Å²) < 4.78 is 16.3. The molecular formula is C22H19NO5. The number of rotatable bonds is 5. The SMILES string of the molecule is COc1cccc2cc(C(=O)NC(C)Cc3cc4ccccc4o3)c(=O)oc12. The third-order valence-electron chi connectivity index (χ3n) is 4.55. The Hall–Kier alpha value is -3.54. The Kier molecular flexibility index (Phi) is 4.61. The average Bonchev–Trinajstić information content (AvgIpc) is 3.08. The predicted octanol–water partition coefficient (Wildman–Crippen LogP) is 3.91. The van der Waals surface area contributed by atoms with Gasteiger partial charge in [-0.1, -0.05) is 30.3 Å². The summed E-state index contributed by atoms with van der Waals surface area (Å²) in [5, 5.41) is 4.47. The Morgan fingerprint density at radius 2 is 1.86 bits per heavy atom. The minimum Gasteiger partial charge on any atom is -0.493 e. The molecule has 6 heteroatoms. The maximum Gasteiger partial charge on any atom is 0.349 e. The zero-order chi connectivity index (χ0) is 19.7. The van der Waals surface area contributed by atoms with Crippen molar-refractivity contribution in [3.63, 3.8) is 0 Å². The fraction of sp³-hybridized carbons (Fsp3) is 0.182. The topological polar surface area (TPSA) is 81.7 Å². The highest BCUT2D eigenvalue weighted by Crippen LogP contribution is 2.24. The van der Waals surface area contributed by atoms with Crippen molar-refractivity contribution in [3.05, 3.63) is 76.3 Å². The lowest BCUT2D eigenvalue weighted by Gasteiger charge is -2.12. The van der Waals surface area contributed by atoms with E-state index in [9.17, 15) is 9.59 Å². The van der Waals surface area contributed by atoms with Gasteiger partial charge in [0.1, 0.15) is 16.9 Å². The van der Waals surface area contributed by atoms with Crippen LogP contribution in [0.2, 0.25) is 0 Å². The summed E-state index contributed by atoms with van der Waals surface area (Å²) in [4.78, 5) is 24.9. The minimum absolute atomic E-state index is 0.0443. The first-order valence-electron chi connectivity index (χ1n) is 8.94. The van der Waals surface area contributed by atoms with Crippen molar-refractivity contribution in [2.24, 2.45) is 0 Å². The van der Waals surface area contributed by atoms with E-state index in [2.05, 4.69) is 5.32 Å². The molecule has 0 fully saturated rings. The van der Waals surface area contributed by atoms with Crippen molar-refractivity contribution in [2.45, 2.75) is 19.4 Å². The van der Waals surface area contributed by atoms with Gasteiger partial charge in [-0.3, -0.25) is 4.79 Å². The van der Waals surface area contributed by atoms with Crippen LogP contribution in [0.3, 0.4) is 0 Å². The van der Waals surface area contributed by atoms with E-state index in [1.54, 1.807) is 18.2 Å². The van der Waals surface area contributed by atoms with Gasteiger partial charge in [0.25, 0.3) is 5.91 Å². The number of furan rings is 1. The second kappa shape index (κ2) is 7.23. The van der Waals surface area contributed by atoms with Crippen molar-refractivity contribution in [3.8, 4) is 5.75 Å². The molecule has 0 saturated carbocycles. The first kappa shape index (κ1) is 17.9. The zero-order valence-electron chi connectivity index (χ0n) is 15.5. The number of hydrogen-bond donors (Lipinski definition) is 1. The molecule has 2 aromatic heterocycles. The highest BCUT2D eigenvalue weighted by atomic mass is 16.5. The average molecular weight is 377 g/mol. The number of nitrogens with one attached hydrogen (secondary N) is 1. The number of methoxy groups -OCH3 is 1. The predicted molar refractivity (Wildman–Crippen MR) is 106 cm³/mol. The van der Waals surface area contributed by atoms with Gasteiger partial charge in [0, 0.05) is 23.2 Å². The molecule has 2 aromatic carbocycles. The summed E-state index contributed by atoms with van der Waals surface area (Å²) in [7, 11) is 1.50. The maximum absolute atomic E-state index is 12.6. The second-order valence-corrected chi connectivity index (χ2v) is 6.66. The van der Waals surface area contributed by atoms with Gasteiger partial charge in [0.15, 0.2) is 11.3 Å². The van der Waals surface area contributed by atoms with E-state index in [1.807, 2.05) is 37.3 Å². The van der Waals surface area contributed by atoms with Crippen molar-refractivity contribution in [1.82, 2.24) is 5.32 Å². The highest BCUT2D eigenvalue weighted by Gasteiger charge is 2.18. The molecule has 28 heavy (non-hydrogen) atoms. The lowest BCUT2D eigenvalue weighted by atomic mass is 10.1. The van der Waals surface area contributed by atoms with E-state index in [4.69, 9.17) is 13.6 Å². The Balaban J connectivity index is 1.54. The van der Waals surface area contributed by atoms with E-state index in [-0.39, 0.29) is 11.6 Å². The second-order valence-electron chi connectivity index (χ2n) is 6.66. The monoisotopic (exact) mass is 377 g/mol. The summed E-state index contributed by atoms with van der Waals surface area (Å²) in [6.07, 6.45) is 0.507. The van der Waals surface area contributed by atoms with Gasteiger partial charge in [-0.05, 0) is 31.2 Å². The molecule has 1 N–H and O–H groups in total. The van der Waals surface area contributed by atoms with E-state index < -0.39 is 11.5 Å². The molecule has 0 aliphatic heterocycles. The molecule has 0 saturated heterocycles. The molecule has 4 aromatic rings. The molecule has 0 radical (unpaired) electrons. The molecule has 142 valence electrons. The number of ether oxygens (including phenoxy) is 1. The van der Waals surface area contributed by atoms with Gasteiger partial charge in [-0.25, -0.2) is 4.79 Å². The van der Waals surface area contributed by atoms with Gasteiger partial charge in [0.05, 0.1) is 7.11 Å². The Morgan fingerprint density at radius 1 is 1.07 bits per heavy atom. The lowest BCUT2D eigenvalue weighted by Crippen LogP contribution is -2.36. The molecule has 1 amide bonds. The quantitative estimate of drug-likeness (QED) is 0.533. The molecule has 6 nitrogen and oxygen atoms in total. The smallest absolute Gasteiger partial charge is 0.349 e. The first-order valence-corrected chi connectivity index (χ1v) is 8.94. The number of fused-ring (bicyclic) bond motifs is 2. The number of para-hydroxylation sites is 2. The van der Waals surface area contributed by atoms with Crippen LogP contribution in [0.4, 0.5) is 0 Å². The lowest BCUT2D eigenvalue weighted by molar-refractivity contribution is 0.0936. The molecule has 1 atom stereocenters. The Bertz CT molecular complexity index is 1190. The van der Waals surface area contributed by atoms with Crippen LogP contribution in [0.5, 0.6) is 5.75 Å². The number of benzene rings is 2. The molecule has 4 rings (SSSR count). The van der Waals surface area contributed by atoms with Crippen LogP contribution < -0.4 is 15.7 Å². The van der Waals surface area contributed by atoms with Crippen molar-refractivity contribution >= 4 is 27.8 Å². The molecule has 0 aliphatic rings. The molecule has 0 aliphatic carbocycles. The zero-order valence-corrected chi connectivity index (χ0v) is 15.5. The van der Waals surface area contributed by atoms with E-state index >= 15 is 0 Å². The fourth-order valence-electron chi connectivity index (χ4n) is 3.23. The molecule has 0 spiro atoms. The maximum atomic E-state index is 12.6. The van der Waals surface area contributed by atoms with Crippen LogP contribution in [0.25, 0.3) is 21.9 Å². The van der Waals surface area contributed by atoms with Crippen molar-refractivity contribution in [2.75, 3.05) is 7.11 Å². The van der Waals surface area contributed by atoms with Gasteiger partial charge >= 0.3 is 5.63 Å². The van der Waals surface area contributed by atoms with Gasteiger partial charge in [-0.15, -0.1) is 0 Å². The van der Waals surface area contributed by atoms with Crippen LogP contribution >= 0.6 is 0 Å². The van der Waals surface area contributed by atoms with Gasteiger partial charge < -0.3 is 18.9 Å². The fourth-order valence-corrected chi connectivity index (χ4v) is 3.23. The highest BCUT2D eigenvalue weighted by molar-refractivity contribution is 5.97. The standard InChI is InChI=1S/C22H19NO5/c1-13(10-16-11-14-6-3-4-8-18(14)27-16)23-21(24)17-12-15-7-5-9-19(26-2)20(15)28-22(17)25/h3-9,11-13H,10H2,1-2H3,(H,23,24). The number of hydrogen-bond acceptors (Lipinski definition) is 5. The summed E-state index contributed by atoms with van der Waals surface area (Å²) >= 11 is 0. The van der Waals surface area contributed by atoms with Crippen molar-refractivity contribution in [1.29, 1.82) is 0 Å². The Labute approximate surface area is 160 Å². The van der Waals surface area contributed by atoms with Crippen LogP contribution in [0.1, 0.15) is 23.0 Å². The largest absolute Gasteiger partial charge is 0.493 e. The van der Waals surface area contributed by atoms with Crippen LogP contribution in [0.15, 0.2) is 68.2 Å². The van der Waals surface area contributed by atoms with Crippen LogP contribution in [-0.2, 0) is 6.42 Å². The third kappa shape index (κ3) is 3.36. The van der Waals surface area contributed by atoms with E-state index in [1.165, 1.54) is 13.2 Å². The van der Waals surface area contributed by atoms with Crippen LogP contribution in [0, 0.1) is 0 Å². The van der Waals surface area contributed by atoms with Crippen molar-refractivity contribution < 1.29 is 18.4 Å². The summed E-state index contributed by atoms with van der Waals surface area (Å²) in [5.74, 6) is 0.728. The summed E-state index contributed by atoms with van der Waals surface area (Å²) in [5.41, 5.74) is 0.379. The number of carbonyl (C=O) groups excluding carboxylic acids is 1. The van der Waals surface area contributed by atoms with Crippen LogP contribution in [-0.4, -0.2) is 19.1 Å². The molecule has 0 bridgehead atoms. The molecule has 1 unspecified atom stereocenters. The number of amides is 1. The third-order valence-corrected chi connectivity index (χ3v) is 4.55. The normalized spacial score (nSPS) is 12.2. The van der Waals surface area contributed by atoms with E-state index in [0.717, 1.165) is 16.7 Å². The first-order chi connectivity index (χ1) is 13.5. The number of carbonyl (C=O) groups is 1. The minimum atomic E-state index is -0.703. The summed E-state index contributed by atoms with van der Waals surface area (Å²) in [6.45, 7) is 1.86. The molecular weight excluding hydrogens is 358 g/mol. The summed E-state index contributed by atoms with van der Waals surface area (Å²) in [6, 6.07) is 16.2. The Morgan fingerprint density at radius 3 is 2.64 bits per heavy atom. The molecule has 2 heterocycles. The van der Waals surface area contributed by atoms with Gasteiger partial charge in [-0.2, -0.15) is 0 Å².